The summed E-state index contributed by atoms with van der Waals surface area (Å²) in [6.07, 6.45) is 5.57. The molecule has 0 fully saturated rings. The zero-order valence-corrected chi connectivity index (χ0v) is 13.6. The number of benzene rings is 1. The zero-order chi connectivity index (χ0) is 15.4. The van der Waals surface area contributed by atoms with E-state index in [9.17, 15) is 4.79 Å². The highest BCUT2D eigenvalue weighted by molar-refractivity contribution is 9.10. The lowest BCUT2D eigenvalue weighted by Crippen LogP contribution is -2.24. The molecule has 0 aliphatic carbocycles. The van der Waals surface area contributed by atoms with Gasteiger partial charge >= 0.3 is 0 Å². The molecule has 2 aromatic heterocycles. The average molecular weight is 358 g/mol. The minimum atomic E-state index is -0.0470. The van der Waals surface area contributed by atoms with Crippen molar-refractivity contribution in [2.24, 2.45) is 0 Å². The monoisotopic (exact) mass is 357 g/mol. The first-order valence-electron chi connectivity index (χ1n) is 7.19. The summed E-state index contributed by atoms with van der Waals surface area (Å²) in [6.45, 7) is 0.632. The fraction of sp³-hybridized carbons (Fsp3) is 0.176. The minimum Gasteiger partial charge on any atom is -0.352 e. The summed E-state index contributed by atoms with van der Waals surface area (Å²) in [5.41, 5.74) is 1.76. The Morgan fingerprint density at radius 1 is 1.23 bits per heavy atom. The van der Waals surface area contributed by atoms with Crippen LogP contribution in [-0.4, -0.2) is 21.8 Å². The van der Waals surface area contributed by atoms with Gasteiger partial charge in [-0.15, -0.1) is 0 Å². The first-order valence-corrected chi connectivity index (χ1v) is 7.98. The molecule has 0 saturated carbocycles. The molecular weight excluding hydrogens is 342 g/mol. The first-order chi connectivity index (χ1) is 10.7. The second kappa shape index (κ2) is 6.75. The van der Waals surface area contributed by atoms with E-state index in [0.29, 0.717) is 12.1 Å². The van der Waals surface area contributed by atoms with Crippen molar-refractivity contribution in [2.45, 2.75) is 12.8 Å². The topological polar surface area (TPSA) is 46.4 Å². The second-order valence-corrected chi connectivity index (χ2v) is 5.96. The third kappa shape index (κ3) is 3.36. The van der Waals surface area contributed by atoms with Gasteiger partial charge < -0.3 is 9.72 Å². The Morgan fingerprint density at radius 2 is 2.14 bits per heavy atom. The molecule has 0 aliphatic heterocycles. The van der Waals surface area contributed by atoms with E-state index >= 15 is 0 Å². The maximum absolute atomic E-state index is 12.0. The molecule has 5 heteroatoms. The molecule has 0 saturated heterocycles. The first kappa shape index (κ1) is 14.8. The Balaban J connectivity index is 1.52. The van der Waals surface area contributed by atoms with Crippen LogP contribution in [0.4, 0.5) is 0 Å². The van der Waals surface area contributed by atoms with Crippen LogP contribution in [0.5, 0.6) is 0 Å². The van der Waals surface area contributed by atoms with Gasteiger partial charge in [0.05, 0.1) is 11.7 Å². The van der Waals surface area contributed by atoms with E-state index in [2.05, 4.69) is 30.6 Å². The molecular formula is C17H16BrN3O. The summed E-state index contributed by atoms with van der Waals surface area (Å²) in [5.74, 6) is 0.974. The fourth-order valence-corrected chi connectivity index (χ4v) is 2.76. The highest BCUT2D eigenvalue weighted by Gasteiger charge is 2.06. The number of carbonyl (C=O) groups is 1. The summed E-state index contributed by atoms with van der Waals surface area (Å²) >= 11 is 3.37. The Morgan fingerprint density at radius 3 is 3.00 bits per heavy atom. The molecule has 112 valence electrons. The van der Waals surface area contributed by atoms with Crippen LogP contribution < -0.4 is 5.32 Å². The number of amides is 1. The standard InChI is InChI=1S/C17H16BrN3O/c18-14-6-3-5-13(11-14)17(22)19-9-4-8-16-20-12-15-7-1-2-10-21(15)16/h1-3,5-7,10-12H,4,8-9H2,(H,19,22). The van der Waals surface area contributed by atoms with E-state index in [4.69, 9.17) is 0 Å². The molecule has 3 rings (SSSR count). The van der Waals surface area contributed by atoms with Crippen LogP contribution in [0.1, 0.15) is 22.6 Å². The third-order valence-electron chi connectivity index (χ3n) is 3.46. The molecule has 0 aliphatic rings. The van der Waals surface area contributed by atoms with Crippen LogP contribution in [0, 0.1) is 0 Å². The van der Waals surface area contributed by atoms with Crippen LogP contribution in [0.15, 0.2) is 59.3 Å². The Hall–Kier alpha value is -2.14. The number of halogens is 1. The number of nitrogens with one attached hydrogen (secondary N) is 1. The molecule has 0 radical (unpaired) electrons. The van der Waals surface area contributed by atoms with E-state index in [1.54, 1.807) is 0 Å². The molecule has 0 unspecified atom stereocenters. The Labute approximate surface area is 137 Å². The smallest absolute Gasteiger partial charge is 0.251 e. The molecule has 3 aromatic rings. The number of pyridine rings is 1. The summed E-state index contributed by atoms with van der Waals surface area (Å²) in [7, 11) is 0. The highest BCUT2D eigenvalue weighted by atomic mass is 79.9. The number of aromatic nitrogens is 2. The molecule has 0 atom stereocenters. The second-order valence-electron chi connectivity index (χ2n) is 5.04. The minimum absolute atomic E-state index is 0.0470. The largest absolute Gasteiger partial charge is 0.352 e. The quantitative estimate of drug-likeness (QED) is 0.710. The molecule has 0 bridgehead atoms. The van der Waals surface area contributed by atoms with Gasteiger partial charge in [0.25, 0.3) is 5.91 Å². The molecule has 1 amide bonds. The fourth-order valence-electron chi connectivity index (χ4n) is 2.36. The van der Waals surface area contributed by atoms with Gasteiger partial charge in [0, 0.05) is 29.2 Å². The molecule has 1 aromatic carbocycles. The predicted octanol–water partition coefficient (Wildman–Crippen LogP) is 3.46. The van der Waals surface area contributed by atoms with E-state index in [1.165, 1.54) is 0 Å². The van der Waals surface area contributed by atoms with Gasteiger partial charge in [0.1, 0.15) is 5.82 Å². The van der Waals surface area contributed by atoms with Crippen LogP contribution in [0.25, 0.3) is 5.52 Å². The van der Waals surface area contributed by atoms with Gasteiger partial charge in [-0.3, -0.25) is 4.79 Å². The average Bonchev–Trinajstić information content (AvgIpc) is 2.95. The van der Waals surface area contributed by atoms with Crippen molar-refractivity contribution in [2.75, 3.05) is 6.54 Å². The lowest BCUT2D eigenvalue weighted by atomic mass is 10.2. The molecule has 1 N–H and O–H groups in total. The SMILES string of the molecule is O=C(NCCCc1ncc2ccccn12)c1cccc(Br)c1. The van der Waals surface area contributed by atoms with E-state index in [-0.39, 0.29) is 5.91 Å². The van der Waals surface area contributed by atoms with Crippen LogP contribution >= 0.6 is 15.9 Å². The van der Waals surface area contributed by atoms with E-state index in [1.807, 2.05) is 54.9 Å². The van der Waals surface area contributed by atoms with Gasteiger partial charge in [-0.05, 0) is 36.8 Å². The lowest BCUT2D eigenvalue weighted by Gasteiger charge is -2.05. The predicted molar refractivity (Wildman–Crippen MR) is 90.0 cm³/mol. The lowest BCUT2D eigenvalue weighted by molar-refractivity contribution is 0.0953. The van der Waals surface area contributed by atoms with Crippen LogP contribution in [0.2, 0.25) is 0 Å². The van der Waals surface area contributed by atoms with E-state index in [0.717, 1.165) is 28.7 Å². The number of imidazole rings is 1. The summed E-state index contributed by atoms with van der Waals surface area (Å²) in [4.78, 5) is 16.4. The third-order valence-corrected chi connectivity index (χ3v) is 3.96. The molecule has 22 heavy (non-hydrogen) atoms. The van der Waals surface area contributed by atoms with Gasteiger partial charge in [-0.1, -0.05) is 28.1 Å². The van der Waals surface area contributed by atoms with Gasteiger partial charge in [0.15, 0.2) is 0 Å². The van der Waals surface area contributed by atoms with Crippen molar-refractivity contribution in [3.05, 3.63) is 70.7 Å². The van der Waals surface area contributed by atoms with Crippen molar-refractivity contribution < 1.29 is 4.79 Å². The summed E-state index contributed by atoms with van der Waals surface area (Å²) in [5, 5.41) is 2.94. The van der Waals surface area contributed by atoms with Crippen molar-refractivity contribution in [3.63, 3.8) is 0 Å². The summed E-state index contributed by atoms with van der Waals surface area (Å²) in [6, 6.07) is 13.4. The van der Waals surface area contributed by atoms with Crippen LogP contribution in [-0.2, 0) is 6.42 Å². The van der Waals surface area contributed by atoms with Crippen LogP contribution in [0.3, 0.4) is 0 Å². The number of hydrogen-bond donors (Lipinski definition) is 1. The highest BCUT2D eigenvalue weighted by Crippen LogP contribution is 2.11. The van der Waals surface area contributed by atoms with Gasteiger partial charge in [-0.2, -0.15) is 0 Å². The summed E-state index contributed by atoms with van der Waals surface area (Å²) < 4.78 is 2.99. The van der Waals surface area contributed by atoms with Crippen molar-refractivity contribution in [1.82, 2.24) is 14.7 Å². The normalized spacial score (nSPS) is 10.8. The van der Waals surface area contributed by atoms with Crippen molar-refractivity contribution in [3.8, 4) is 0 Å². The zero-order valence-electron chi connectivity index (χ0n) is 12.0. The number of carbonyl (C=O) groups excluding carboxylic acids is 1. The van der Waals surface area contributed by atoms with Gasteiger partial charge in [0.2, 0.25) is 0 Å². The van der Waals surface area contributed by atoms with Crippen molar-refractivity contribution >= 4 is 27.4 Å². The number of aryl methyl sites for hydroxylation is 1. The number of nitrogens with zero attached hydrogens (tertiary/aromatic N) is 2. The molecule has 0 spiro atoms. The number of hydrogen-bond acceptors (Lipinski definition) is 2. The van der Waals surface area contributed by atoms with Gasteiger partial charge in [-0.25, -0.2) is 4.98 Å². The maximum Gasteiger partial charge on any atom is 0.251 e. The molecule has 2 heterocycles. The molecule has 4 nitrogen and oxygen atoms in total. The van der Waals surface area contributed by atoms with Crippen molar-refractivity contribution in [1.29, 1.82) is 0 Å². The number of fused-ring (bicyclic) bond motifs is 1. The Kier molecular flexibility index (Phi) is 4.53. The van der Waals surface area contributed by atoms with E-state index < -0.39 is 0 Å². The number of rotatable bonds is 5. The maximum atomic E-state index is 12.0. The Bertz CT molecular complexity index is 797.